The van der Waals surface area contributed by atoms with Crippen LogP contribution >= 0.6 is 11.3 Å². The average Bonchev–Trinajstić information content (AvgIpc) is 2.93. The van der Waals surface area contributed by atoms with Crippen LogP contribution in [0, 0.1) is 13.8 Å². The summed E-state index contributed by atoms with van der Waals surface area (Å²) < 4.78 is 23.1. The maximum absolute atomic E-state index is 12.3. The molecule has 29 heavy (non-hydrogen) atoms. The molecule has 2 aromatic heterocycles. The second-order valence-corrected chi connectivity index (χ2v) is 10.3. The number of carbonyl (C=O) groups is 1. The van der Waals surface area contributed by atoms with Gasteiger partial charge in [0.15, 0.2) is 9.84 Å². The van der Waals surface area contributed by atoms with Crippen LogP contribution in [0.1, 0.15) is 41.2 Å². The molecule has 3 rings (SSSR count). The maximum atomic E-state index is 12.3. The van der Waals surface area contributed by atoms with E-state index in [0.717, 1.165) is 22.3 Å². The highest BCUT2D eigenvalue weighted by Crippen LogP contribution is 2.25. The molecule has 9 heteroatoms. The minimum absolute atomic E-state index is 0.174. The van der Waals surface area contributed by atoms with Crippen molar-refractivity contribution >= 4 is 37.3 Å². The molecule has 2 N–H and O–H groups in total. The van der Waals surface area contributed by atoms with Crippen LogP contribution in [-0.2, 0) is 21.1 Å². The average molecular weight is 434 g/mol. The third-order valence-electron chi connectivity index (χ3n) is 4.86. The first-order chi connectivity index (χ1) is 13.6. The second kappa shape index (κ2) is 8.08. The number of aromatic amines is 1. The second-order valence-electron chi connectivity index (χ2n) is 7.11. The number of H-pyrrole nitrogens is 1. The minimum atomic E-state index is -3.25. The van der Waals surface area contributed by atoms with Crippen LogP contribution in [0.5, 0.6) is 0 Å². The van der Waals surface area contributed by atoms with Crippen LogP contribution in [0.15, 0.2) is 34.0 Å². The number of sulfone groups is 1. The summed E-state index contributed by atoms with van der Waals surface area (Å²) >= 11 is 1.48. The summed E-state index contributed by atoms with van der Waals surface area (Å²) in [5.74, 6) is 0.315. The van der Waals surface area contributed by atoms with E-state index in [1.807, 2.05) is 20.8 Å². The fraction of sp³-hybridized carbons (Fsp3) is 0.350. The third kappa shape index (κ3) is 4.73. The van der Waals surface area contributed by atoms with Gasteiger partial charge in [0, 0.05) is 24.0 Å². The smallest absolute Gasteiger partial charge is 0.259 e. The standard InChI is InChI=1S/C20H23N3O4S2/c1-11-13(3)28-20-18(11)19(25)22-16(23-20)9-10-17(24)21-12(2)14-5-7-15(8-6-14)29(4,26)27/h5-8,12H,9-10H2,1-4H3,(H,21,24)(H,22,23,25). The number of fused-ring (bicyclic) bond motifs is 1. The molecule has 154 valence electrons. The number of amides is 1. The van der Waals surface area contributed by atoms with Crippen molar-refractivity contribution < 1.29 is 13.2 Å². The van der Waals surface area contributed by atoms with Crippen molar-refractivity contribution in [3.8, 4) is 0 Å². The van der Waals surface area contributed by atoms with E-state index >= 15 is 0 Å². The molecule has 0 aliphatic rings. The lowest BCUT2D eigenvalue weighted by Crippen LogP contribution is -2.27. The quantitative estimate of drug-likeness (QED) is 0.621. The summed E-state index contributed by atoms with van der Waals surface area (Å²) in [6.07, 6.45) is 1.66. The van der Waals surface area contributed by atoms with Gasteiger partial charge in [-0.3, -0.25) is 9.59 Å². The summed E-state index contributed by atoms with van der Waals surface area (Å²) in [5, 5.41) is 3.50. The Labute approximate surface area is 173 Å². The number of rotatable bonds is 6. The maximum Gasteiger partial charge on any atom is 0.259 e. The van der Waals surface area contributed by atoms with Crippen molar-refractivity contribution in [1.82, 2.24) is 15.3 Å². The van der Waals surface area contributed by atoms with Crippen LogP contribution in [-0.4, -0.2) is 30.5 Å². The van der Waals surface area contributed by atoms with Crippen LogP contribution in [0.4, 0.5) is 0 Å². The number of benzene rings is 1. The molecule has 0 fully saturated rings. The highest BCUT2D eigenvalue weighted by atomic mass is 32.2. The first kappa shape index (κ1) is 21.2. The van der Waals surface area contributed by atoms with Crippen molar-refractivity contribution in [1.29, 1.82) is 0 Å². The third-order valence-corrected chi connectivity index (χ3v) is 7.09. The van der Waals surface area contributed by atoms with E-state index in [4.69, 9.17) is 0 Å². The SMILES string of the molecule is Cc1sc2nc(CCC(=O)NC(C)c3ccc(S(C)(=O)=O)cc3)[nH]c(=O)c2c1C. The highest BCUT2D eigenvalue weighted by molar-refractivity contribution is 7.90. The lowest BCUT2D eigenvalue weighted by molar-refractivity contribution is -0.121. The molecule has 2 heterocycles. The van der Waals surface area contributed by atoms with Gasteiger partial charge in [0.25, 0.3) is 5.56 Å². The molecule has 1 aromatic carbocycles. The number of hydrogen-bond donors (Lipinski definition) is 2. The Bertz CT molecular complexity index is 1230. The molecule has 0 bridgehead atoms. The van der Waals surface area contributed by atoms with Crippen molar-refractivity contribution in [3.05, 3.63) is 56.4 Å². The predicted molar refractivity (Wildman–Crippen MR) is 114 cm³/mol. The lowest BCUT2D eigenvalue weighted by Gasteiger charge is -2.14. The molecule has 0 aliphatic carbocycles. The van der Waals surface area contributed by atoms with Gasteiger partial charge >= 0.3 is 0 Å². The normalized spacial score (nSPS) is 12.8. The number of nitrogens with one attached hydrogen (secondary N) is 2. The topological polar surface area (TPSA) is 109 Å². The summed E-state index contributed by atoms with van der Waals surface area (Å²) in [6.45, 7) is 5.69. The van der Waals surface area contributed by atoms with E-state index in [1.54, 1.807) is 12.1 Å². The fourth-order valence-corrected chi connectivity index (χ4v) is 4.73. The minimum Gasteiger partial charge on any atom is -0.350 e. The van der Waals surface area contributed by atoms with E-state index in [1.165, 1.54) is 23.5 Å². The Morgan fingerprint density at radius 1 is 1.24 bits per heavy atom. The molecule has 1 unspecified atom stereocenters. The summed E-state index contributed by atoms with van der Waals surface area (Å²) in [6, 6.07) is 6.17. The van der Waals surface area contributed by atoms with Gasteiger partial charge in [-0.15, -0.1) is 11.3 Å². The van der Waals surface area contributed by atoms with Crippen molar-refractivity contribution in [2.24, 2.45) is 0 Å². The Morgan fingerprint density at radius 2 is 1.90 bits per heavy atom. The molecule has 1 atom stereocenters. The number of nitrogens with zero attached hydrogens (tertiary/aromatic N) is 1. The van der Waals surface area contributed by atoms with Gasteiger partial charge in [0.05, 0.1) is 16.3 Å². The zero-order valence-corrected chi connectivity index (χ0v) is 18.3. The first-order valence-electron chi connectivity index (χ1n) is 9.14. The van der Waals surface area contributed by atoms with E-state index in [2.05, 4.69) is 15.3 Å². The largest absolute Gasteiger partial charge is 0.350 e. The van der Waals surface area contributed by atoms with Crippen LogP contribution in [0.25, 0.3) is 10.2 Å². The van der Waals surface area contributed by atoms with E-state index in [-0.39, 0.29) is 28.8 Å². The van der Waals surface area contributed by atoms with Crippen molar-refractivity contribution in [3.63, 3.8) is 0 Å². The Morgan fingerprint density at radius 3 is 2.52 bits per heavy atom. The van der Waals surface area contributed by atoms with Crippen molar-refractivity contribution in [2.45, 2.75) is 44.6 Å². The van der Waals surface area contributed by atoms with Gasteiger partial charge in [0.2, 0.25) is 5.91 Å². The van der Waals surface area contributed by atoms with E-state index < -0.39 is 9.84 Å². The Hall–Kier alpha value is -2.52. The Kier molecular flexibility index (Phi) is 5.90. The fourth-order valence-electron chi connectivity index (χ4n) is 3.05. The summed E-state index contributed by atoms with van der Waals surface area (Å²) in [5.41, 5.74) is 1.58. The number of carbonyl (C=O) groups excluding carboxylic acids is 1. The lowest BCUT2D eigenvalue weighted by atomic mass is 10.1. The van der Waals surface area contributed by atoms with Gasteiger partial charge in [0.1, 0.15) is 10.7 Å². The molecule has 0 aliphatic heterocycles. The number of aryl methyl sites for hydroxylation is 3. The summed E-state index contributed by atoms with van der Waals surface area (Å²) in [7, 11) is -3.25. The van der Waals surface area contributed by atoms with Crippen LogP contribution in [0.3, 0.4) is 0 Å². The summed E-state index contributed by atoms with van der Waals surface area (Å²) in [4.78, 5) is 33.9. The zero-order chi connectivity index (χ0) is 21.3. The molecule has 1 amide bonds. The molecule has 7 nitrogen and oxygen atoms in total. The van der Waals surface area contributed by atoms with Gasteiger partial charge in [-0.2, -0.15) is 0 Å². The number of aromatic nitrogens is 2. The molecule has 0 spiro atoms. The van der Waals surface area contributed by atoms with Gasteiger partial charge in [-0.05, 0) is 44.0 Å². The first-order valence-corrected chi connectivity index (χ1v) is 11.9. The molecule has 0 radical (unpaired) electrons. The predicted octanol–water partition coefficient (Wildman–Crippen LogP) is 2.81. The highest BCUT2D eigenvalue weighted by Gasteiger charge is 2.14. The molecular weight excluding hydrogens is 410 g/mol. The van der Waals surface area contributed by atoms with Gasteiger partial charge in [-0.25, -0.2) is 13.4 Å². The van der Waals surface area contributed by atoms with Crippen LogP contribution in [0.2, 0.25) is 0 Å². The molecular formula is C20H23N3O4S2. The van der Waals surface area contributed by atoms with Crippen molar-refractivity contribution in [2.75, 3.05) is 6.26 Å². The van der Waals surface area contributed by atoms with Gasteiger partial charge < -0.3 is 10.3 Å². The Balaban J connectivity index is 1.64. The van der Waals surface area contributed by atoms with Crippen LogP contribution < -0.4 is 10.9 Å². The van der Waals surface area contributed by atoms with Gasteiger partial charge in [-0.1, -0.05) is 12.1 Å². The zero-order valence-electron chi connectivity index (χ0n) is 16.7. The molecule has 0 saturated heterocycles. The molecule has 0 saturated carbocycles. The van der Waals surface area contributed by atoms with E-state index in [0.29, 0.717) is 22.5 Å². The van der Waals surface area contributed by atoms with E-state index in [9.17, 15) is 18.0 Å². The monoisotopic (exact) mass is 433 g/mol. The number of thiophene rings is 1. The number of hydrogen-bond acceptors (Lipinski definition) is 6. The molecule has 3 aromatic rings.